The minimum absolute atomic E-state index is 0.170. The van der Waals surface area contributed by atoms with Gasteiger partial charge in [-0.1, -0.05) is 24.6 Å². The maximum absolute atomic E-state index is 5.60. The first-order valence-electron chi connectivity index (χ1n) is 7.14. The highest BCUT2D eigenvalue weighted by Crippen LogP contribution is 2.38. The van der Waals surface area contributed by atoms with Gasteiger partial charge in [0.25, 0.3) is 0 Å². The van der Waals surface area contributed by atoms with E-state index in [2.05, 4.69) is 18.3 Å². The molecule has 4 heteroatoms. The smallest absolute Gasteiger partial charge is 0.157 e. The van der Waals surface area contributed by atoms with E-state index in [0.29, 0.717) is 5.54 Å². The zero-order valence-corrected chi connectivity index (χ0v) is 12.8. The van der Waals surface area contributed by atoms with Crippen LogP contribution in [-0.2, 0) is 0 Å². The highest BCUT2D eigenvalue weighted by Gasteiger charge is 2.39. The fourth-order valence-electron chi connectivity index (χ4n) is 3.21. The maximum Gasteiger partial charge on any atom is 0.157 e. The number of nitrogens with zero attached hydrogens (tertiary/aromatic N) is 1. The summed E-state index contributed by atoms with van der Waals surface area (Å²) in [5.74, 6) is 3.15. The maximum atomic E-state index is 5.60. The van der Waals surface area contributed by atoms with Crippen LogP contribution in [0.25, 0.3) is 0 Å². The van der Waals surface area contributed by atoms with Crippen molar-refractivity contribution in [2.45, 2.75) is 58.0 Å². The molecule has 104 valence electrons. The van der Waals surface area contributed by atoms with Crippen molar-refractivity contribution in [2.24, 2.45) is 4.99 Å². The van der Waals surface area contributed by atoms with Gasteiger partial charge in [-0.25, -0.2) is 0 Å². The first kappa shape index (κ1) is 13.1. The topological polar surface area (TPSA) is 37.5 Å². The molecule has 1 spiro atoms. The van der Waals surface area contributed by atoms with Gasteiger partial charge in [-0.05, 0) is 39.7 Å². The minimum Gasteiger partial charge on any atom is -0.466 e. The van der Waals surface area contributed by atoms with Crippen LogP contribution in [0.3, 0.4) is 0 Å². The summed E-state index contributed by atoms with van der Waals surface area (Å²) in [6.45, 7) is 6.16. The Bertz CT molecular complexity index is 500. The Kier molecular flexibility index (Phi) is 3.37. The van der Waals surface area contributed by atoms with Gasteiger partial charge in [0, 0.05) is 16.9 Å². The molecule has 3 rings (SSSR count). The Balaban J connectivity index is 1.74. The van der Waals surface area contributed by atoms with Crippen LogP contribution >= 0.6 is 11.8 Å². The summed E-state index contributed by atoms with van der Waals surface area (Å²) >= 11 is 1.88. The summed E-state index contributed by atoms with van der Waals surface area (Å²) in [4.78, 5) is 4.85. The van der Waals surface area contributed by atoms with Crippen molar-refractivity contribution in [3.05, 3.63) is 23.2 Å². The molecule has 0 aromatic carbocycles. The van der Waals surface area contributed by atoms with Crippen LogP contribution in [0.4, 0.5) is 0 Å². The lowest BCUT2D eigenvalue weighted by atomic mass is 10.0. The van der Waals surface area contributed by atoms with Crippen molar-refractivity contribution < 1.29 is 4.42 Å². The SMILES string of the molecule is Cc1cc(C(C)N=C2NC3(CCCC3)CS2)c(C)o1. The third kappa shape index (κ3) is 2.55. The zero-order valence-electron chi connectivity index (χ0n) is 12.0. The van der Waals surface area contributed by atoms with Gasteiger partial charge in [0.1, 0.15) is 11.5 Å². The van der Waals surface area contributed by atoms with Crippen LogP contribution in [-0.4, -0.2) is 16.5 Å². The van der Waals surface area contributed by atoms with Crippen molar-refractivity contribution in [1.29, 1.82) is 0 Å². The van der Waals surface area contributed by atoms with Gasteiger partial charge in [-0.2, -0.15) is 0 Å². The normalized spacial score (nSPS) is 25.1. The Labute approximate surface area is 119 Å². The summed E-state index contributed by atoms with van der Waals surface area (Å²) in [6, 6.07) is 2.28. The lowest BCUT2D eigenvalue weighted by Gasteiger charge is -2.22. The van der Waals surface area contributed by atoms with Gasteiger partial charge in [-0.3, -0.25) is 4.99 Å². The Morgan fingerprint density at radius 2 is 2.11 bits per heavy atom. The van der Waals surface area contributed by atoms with Crippen LogP contribution in [0.2, 0.25) is 0 Å². The fourth-order valence-corrected chi connectivity index (χ4v) is 4.50. The Hall–Kier alpha value is -0.900. The third-order valence-corrected chi connectivity index (χ3v) is 5.44. The quantitative estimate of drug-likeness (QED) is 0.889. The van der Waals surface area contributed by atoms with Gasteiger partial charge < -0.3 is 9.73 Å². The molecule has 1 aromatic heterocycles. The van der Waals surface area contributed by atoms with Crippen LogP contribution in [0.15, 0.2) is 15.5 Å². The largest absolute Gasteiger partial charge is 0.466 e. The number of nitrogens with one attached hydrogen (secondary N) is 1. The van der Waals surface area contributed by atoms with Gasteiger partial charge in [0.15, 0.2) is 5.17 Å². The molecule has 0 bridgehead atoms. The van der Waals surface area contributed by atoms with Crippen molar-refractivity contribution >= 4 is 16.9 Å². The summed E-state index contributed by atoms with van der Waals surface area (Å²) in [5, 5.41) is 4.79. The fraction of sp³-hybridized carbons (Fsp3) is 0.667. The summed E-state index contributed by atoms with van der Waals surface area (Å²) in [6.07, 6.45) is 5.32. The van der Waals surface area contributed by atoms with Crippen LogP contribution in [0, 0.1) is 13.8 Å². The molecule has 2 aliphatic rings. The van der Waals surface area contributed by atoms with E-state index < -0.39 is 0 Å². The van der Waals surface area contributed by atoms with E-state index in [1.54, 1.807) is 0 Å². The minimum atomic E-state index is 0.170. The summed E-state index contributed by atoms with van der Waals surface area (Å²) < 4.78 is 5.60. The van der Waals surface area contributed by atoms with Crippen molar-refractivity contribution in [1.82, 2.24) is 5.32 Å². The van der Waals surface area contributed by atoms with Gasteiger partial charge in [0.05, 0.1) is 6.04 Å². The van der Waals surface area contributed by atoms with Gasteiger partial charge in [-0.15, -0.1) is 0 Å². The molecule has 19 heavy (non-hydrogen) atoms. The molecule has 3 nitrogen and oxygen atoms in total. The van der Waals surface area contributed by atoms with Crippen LogP contribution < -0.4 is 5.32 Å². The molecule has 0 amide bonds. The van der Waals surface area contributed by atoms with E-state index in [-0.39, 0.29) is 6.04 Å². The standard InChI is InChI=1S/C15H22N2OS/c1-10-8-13(12(3)18-10)11(2)16-14-17-15(9-19-14)6-4-5-7-15/h8,11H,4-7,9H2,1-3H3,(H,16,17). The Morgan fingerprint density at radius 3 is 2.74 bits per heavy atom. The van der Waals surface area contributed by atoms with Gasteiger partial charge >= 0.3 is 0 Å². The predicted molar refractivity (Wildman–Crippen MR) is 80.8 cm³/mol. The van der Waals surface area contributed by atoms with Crippen LogP contribution in [0.5, 0.6) is 0 Å². The number of amidine groups is 1. The highest BCUT2D eigenvalue weighted by molar-refractivity contribution is 8.14. The number of aryl methyl sites for hydroxylation is 2. The molecule has 1 saturated heterocycles. The highest BCUT2D eigenvalue weighted by atomic mass is 32.2. The number of furan rings is 1. The van der Waals surface area contributed by atoms with E-state index in [9.17, 15) is 0 Å². The van der Waals surface area contributed by atoms with E-state index in [1.807, 2.05) is 25.6 Å². The number of thioether (sulfide) groups is 1. The second kappa shape index (κ2) is 4.89. The van der Waals surface area contributed by atoms with Crippen molar-refractivity contribution in [3.63, 3.8) is 0 Å². The van der Waals surface area contributed by atoms with E-state index in [0.717, 1.165) is 16.7 Å². The average Bonchev–Trinajstić information content (AvgIpc) is 3.04. The lowest BCUT2D eigenvalue weighted by Crippen LogP contribution is -2.40. The summed E-state index contributed by atoms with van der Waals surface area (Å²) in [7, 11) is 0. The number of aliphatic imine (C=N–C) groups is 1. The van der Waals surface area contributed by atoms with Crippen LogP contribution in [0.1, 0.15) is 55.7 Å². The molecule has 1 unspecified atom stereocenters. The average molecular weight is 278 g/mol. The molecule has 1 saturated carbocycles. The lowest BCUT2D eigenvalue weighted by molar-refractivity contribution is 0.452. The second-order valence-corrected chi connectivity index (χ2v) is 6.84. The van der Waals surface area contributed by atoms with Gasteiger partial charge in [0.2, 0.25) is 0 Å². The van der Waals surface area contributed by atoms with Crippen molar-refractivity contribution in [3.8, 4) is 0 Å². The molecule has 1 aliphatic carbocycles. The molecule has 0 radical (unpaired) electrons. The van der Waals surface area contributed by atoms with E-state index in [4.69, 9.17) is 9.41 Å². The Morgan fingerprint density at radius 1 is 1.37 bits per heavy atom. The predicted octanol–water partition coefficient (Wildman–Crippen LogP) is 3.96. The molecular formula is C15H22N2OS. The third-order valence-electron chi connectivity index (χ3n) is 4.26. The van der Waals surface area contributed by atoms with E-state index in [1.165, 1.54) is 37.0 Å². The summed E-state index contributed by atoms with van der Waals surface area (Å²) in [5.41, 5.74) is 1.56. The molecule has 1 atom stereocenters. The molecule has 1 aromatic rings. The second-order valence-electron chi connectivity index (χ2n) is 5.88. The number of hydrogen-bond donors (Lipinski definition) is 1. The molecule has 2 heterocycles. The monoisotopic (exact) mass is 278 g/mol. The van der Waals surface area contributed by atoms with Crippen molar-refractivity contribution in [2.75, 3.05) is 5.75 Å². The molecule has 1 N–H and O–H groups in total. The molecule has 1 aliphatic heterocycles. The molecular weight excluding hydrogens is 256 g/mol. The molecule has 2 fully saturated rings. The first-order chi connectivity index (χ1) is 9.08. The first-order valence-corrected chi connectivity index (χ1v) is 8.12. The number of rotatable bonds is 2. The zero-order chi connectivity index (χ0) is 13.5. The number of hydrogen-bond acceptors (Lipinski definition) is 3. The van der Waals surface area contributed by atoms with E-state index >= 15 is 0 Å².